The Morgan fingerprint density at radius 1 is 1.03 bits per heavy atom. The summed E-state index contributed by atoms with van der Waals surface area (Å²) < 4.78 is 11.5. The van der Waals surface area contributed by atoms with Gasteiger partial charge in [0.25, 0.3) is 5.91 Å². The van der Waals surface area contributed by atoms with E-state index in [9.17, 15) is 4.79 Å². The molecule has 4 aromatic rings. The van der Waals surface area contributed by atoms with E-state index >= 15 is 0 Å². The second-order valence-corrected chi connectivity index (χ2v) is 7.54. The molecule has 0 fully saturated rings. The molecule has 172 valence electrons. The molecule has 2 aromatic heterocycles. The number of aromatic nitrogens is 3. The van der Waals surface area contributed by atoms with Gasteiger partial charge in [-0.3, -0.25) is 9.78 Å². The van der Waals surface area contributed by atoms with Gasteiger partial charge < -0.3 is 20.1 Å². The summed E-state index contributed by atoms with van der Waals surface area (Å²) in [4.78, 5) is 24.9. The second kappa shape index (κ2) is 11.1. The molecule has 9 heteroatoms. The van der Waals surface area contributed by atoms with E-state index in [2.05, 4.69) is 32.2 Å². The Kier molecular flexibility index (Phi) is 7.52. The third-order valence-corrected chi connectivity index (χ3v) is 5.02. The van der Waals surface area contributed by atoms with Crippen molar-refractivity contribution < 1.29 is 14.3 Å². The van der Waals surface area contributed by atoms with E-state index in [0.717, 1.165) is 5.69 Å². The molecule has 0 aliphatic carbocycles. The van der Waals surface area contributed by atoms with Gasteiger partial charge in [0.05, 0.1) is 21.6 Å². The van der Waals surface area contributed by atoms with Crippen LogP contribution in [0, 0.1) is 0 Å². The van der Waals surface area contributed by atoms with Crippen molar-refractivity contribution in [3.05, 3.63) is 90.5 Å². The highest BCUT2D eigenvalue weighted by atomic mass is 35.5. The van der Waals surface area contributed by atoms with Crippen molar-refractivity contribution in [1.29, 1.82) is 0 Å². The number of anilines is 2. The fourth-order valence-electron chi connectivity index (χ4n) is 3.14. The van der Waals surface area contributed by atoms with Crippen LogP contribution in [0.3, 0.4) is 0 Å². The molecule has 0 unspecified atom stereocenters. The smallest absolute Gasteiger partial charge is 0.258 e. The van der Waals surface area contributed by atoms with Crippen molar-refractivity contribution in [3.8, 4) is 11.5 Å². The maximum absolute atomic E-state index is 11.9. The van der Waals surface area contributed by atoms with Gasteiger partial charge in [0.15, 0.2) is 6.61 Å². The Morgan fingerprint density at radius 3 is 2.74 bits per heavy atom. The van der Waals surface area contributed by atoms with E-state index in [4.69, 9.17) is 21.1 Å². The lowest BCUT2D eigenvalue weighted by molar-refractivity contribution is -0.122. The second-order valence-electron chi connectivity index (χ2n) is 7.13. The molecule has 0 aliphatic heterocycles. The Balaban J connectivity index is 1.51. The van der Waals surface area contributed by atoms with E-state index in [-0.39, 0.29) is 12.5 Å². The van der Waals surface area contributed by atoms with Gasteiger partial charge in [-0.05, 0) is 42.5 Å². The highest BCUT2D eigenvalue weighted by Gasteiger charge is 2.13. The number of amides is 1. The van der Waals surface area contributed by atoms with Crippen molar-refractivity contribution in [1.82, 2.24) is 20.3 Å². The summed E-state index contributed by atoms with van der Waals surface area (Å²) in [6.07, 6.45) is 4.77. The summed E-state index contributed by atoms with van der Waals surface area (Å²) in [5, 5.41) is 7.02. The van der Waals surface area contributed by atoms with E-state index in [1.54, 1.807) is 36.5 Å². The number of hydrogen-bond donors (Lipinski definition) is 2. The molecule has 0 radical (unpaired) electrons. The molecule has 0 saturated heterocycles. The number of carbonyl (C=O) groups excluding carboxylic acids is 1. The number of benzene rings is 2. The lowest BCUT2D eigenvalue weighted by Crippen LogP contribution is -2.28. The minimum Gasteiger partial charge on any atom is -0.486 e. The first-order chi connectivity index (χ1) is 16.6. The van der Waals surface area contributed by atoms with E-state index in [1.807, 2.05) is 30.3 Å². The number of pyridine rings is 1. The molecular weight excluding hydrogens is 454 g/mol. The Morgan fingerprint density at radius 2 is 1.94 bits per heavy atom. The Hall–Kier alpha value is -4.17. The zero-order chi connectivity index (χ0) is 23.8. The molecule has 4 rings (SSSR count). The molecule has 2 heterocycles. The van der Waals surface area contributed by atoms with Gasteiger partial charge in [0.1, 0.15) is 30.3 Å². The van der Waals surface area contributed by atoms with Crippen LogP contribution in [-0.4, -0.2) is 34.0 Å². The van der Waals surface area contributed by atoms with Crippen LogP contribution in [0.5, 0.6) is 11.5 Å². The standard InChI is InChI=1S/C25H22ClN5O3/c1-2-11-28-23(32)15-34-22-8-5-7-20-24(22)25(30-16-29-20)31-17-9-10-21(19(26)13-17)33-14-18-6-3-4-12-27-18/h2-10,12-13,16H,1,11,14-15H2,(H,28,32)(H,29,30,31). The zero-order valence-corrected chi connectivity index (χ0v) is 19.0. The average molecular weight is 476 g/mol. The molecule has 0 saturated carbocycles. The fraction of sp³-hybridized carbons (Fsp3) is 0.120. The first kappa shape index (κ1) is 23.0. The number of rotatable bonds is 10. The summed E-state index contributed by atoms with van der Waals surface area (Å²) in [6.45, 7) is 4.12. The van der Waals surface area contributed by atoms with Crippen LogP contribution in [0.25, 0.3) is 10.9 Å². The SMILES string of the molecule is C=CCNC(=O)COc1cccc2ncnc(Nc3ccc(OCc4ccccn4)c(Cl)c3)c12. The van der Waals surface area contributed by atoms with Crippen LogP contribution in [0.1, 0.15) is 5.69 Å². The molecule has 0 aliphatic rings. The molecule has 0 atom stereocenters. The summed E-state index contributed by atoms with van der Waals surface area (Å²) in [7, 11) is 0. The average Bonchev–Trinajstić information content (AvgIpc) is 2.86. The van der Waals surface area contributed by atoms with Crippen LogP contribution in [0.4, 0.5) is 11.5 Å². The molecule has 8 nitrogen and oxygen atoms in total. The number of hydrogen-bond acceptors (Lipinski definition) is 7. The molecule has 2 aromatic carbocycles. The summed E-state index contributed by atoms with van der Waals surface area (Å²) in [5.74, 6) is 1.29. The fourth-order valence-corrected chi connectivity index (χ4v) is 3.38. The molecule has 34 heavy (non-hydrogen) atoms. The summed E-state index contributed by atoms with van der Waals surface area (Å²) in [6, 6.07) is 16.4. The normalized spacial score (nSPS) is 10.5. The lowest BCUT2D eigenvalue weighted by atomic mass is 10.2. The summed E-state index contributed by atoms with van der Waals surface area (Å²) >= 11 is 6.44. The first-order valence-corrected chi connectivity index (χ1v) is 10.8. The van der Waals surface area contributed by atoms with Gasteiger partial charge in [-0.2, -0.15) is 0 Å². The molecular formula is C25H22ClN5O3. The minimum absolute atomic E-state index is 0.143. The predicted molar refractivity (Wildman–Crippen MR) is 132 cm³/mol. The van der Waals surface area contributed by atoms with Crippen molar-refractivity contribution in [2.45, 2.75) is 6.61 Å². The molecule has 0 spiro atoms. The third-order valence-electron chi connectivity index (χ3n) is 4.72. The van der Waals surface area contributed by atoms with E-state index in [0.29, 0.717) is 52.1 Å². The van der Waals surface area contributed by atoms with Crippen molar-refractivity contribution in [2.75, 3.05) is 18.5 Å². The summed E-state index contributed by atoms with van der Waals surface area (Å²) in [5.41, 5.74) is 2.18. The van der Waals surface area contributed by atoms with Crippen molar-refractivity contribution >= 4 is 39.9 Å². The monoisotopic (exact) mass is 475 g/mol. The van der Waals surface area contributed by atoms with Crippen LogP contribution < -0.4 is 20.1 Å². The molecule has 0 bridgehead atoms. The molecule has 1 amide bonds. The number of fused-ring (bicyclic) bond motifs is 1. The Bertz CT molecular complexity index is 1300. The lowest BCUT2D eigenvalue weighted by Gasteiger charge is -2.14. The quantitative estimate of drug-likeness (QED) is 0.321. The van der Waals surface area contributed by atoms with Crippen LogP contribution in [0.2, 0.25) is 5.02 Å². The number of halogens is 1. The van der Waals surface area contributed by atoms with E-state index in [1.165, 1.54) is 6.33 Å². The van der Waals surface area contributed by atoms with Gasteiger partial charge in [0, 0.05) is 18.4 Å². The number of nitrogens with zero attached hydrogens (tertiary/aromatic N) is 3. The highest BCUT2D eigenvalue weighted by Crippen LogP contribution is 2.34. The number of ether oxygens (including phenoxy) is 2. The van der Waals surface area contributed by atoms with Crippen LogP contribution >= 0.6 is 11.6 Å². The van der Waals surface area contributed by atoms with Crippen molar-refractivity contribution in [3.63, 3.8) is 0 Å². The van der Waals surface area contributed by atoms with Crippen LogP contribution in [0.15, 0.2) is 79.8 Å². The van der Waals surface area contributed by atoms with Gasteiger partial charge in [0.2, 0.25) is 0 Å². The van der Waals surface area contributed by atoms with E-state index < -0.39 is 0 Å². The largest absolute Gasteiger partial charge is 0.486 e. The van der Waals surface area contributed by atoms with Gasteiger partial charge >= 0.3 is 0 Å². The third kappa shape index (κ3) is 5.79. The van der Waals surface area contributed by atoms with Crippen LogP contribution in [-0.2, 0) is 11.4 Å². The highest BCUT2D eigenvalue weighted by molar-refractivity contribution is 6.32. The maximum atomic E-state index is 11.9. The predicted octanol–water partition coefficient (Wildman–Crippen LogP) is 4.68. The zero-order valence-electron chi connectivity index (χ0n) is 18.2. The number of carbonyl (C=O) groups is 1. The minimum atomic E-state index is -0.253. The first-order valence-electron chi connectivity index (χ1n) is 10.5. The Labute approximate surface area is 201 Å². The van der Waals surface area contributed by atoms with Gasteiger partial charge in [-0.1, -0.05) is 29.8 Å². The van der Waals surface area contributed by atoms with Gasteiger partial charge in [-0.25, -0.2) is 9.97 Å². The number of nitrogens with one attached hydrogen (secondary N) is 2. The van der Waals surface area contributed by atoms with Gasteiger partial charge in [-0.15, -0.1) is 6.58 Å². The van der Waals surface area contributed by atoms with Crippen molar-refractivity contribution in [2.24, 2.45) is 0 Å². The maximum Gasteiger partial charge on any atom is 0.258 e. The molecule has 2 N–H and O–H groups in total. The topological polar surface area (TPSA) is 98.3 Å².